The van der Waals surface area contributed by atoms with Gasteiger partial charge < -0.3 is 5.11 Å². The summed E-state index contributed by atoms with van der Waals surface area (Å²) >= 11 is 3.31. The van der Waals surface area contributed by atoms with Gasteiger partial charge in [-0.15, -0.1) is 0 Å². The fourth-order valence-corrected chi connectivity index (χ4v) is 3.11. The maximum absolute atomic E-state index is 12.2. The predicted octanol–water partition coefficient (Wildman–Crippen LogP) is 3.40. The van der Waals surface area contributed by atoms with Crippen LogP contribution >= 0.6 is 15.9 Å². The Morgan fingerprint density at radius 3 is 2.35 bits per heavy atom. The van der Waals surface area contributed by atoms with Crippen LogP contribution in [0.2, 0.25) is 0 Å². The lowest BCUT2D eigenvalue weighted by Gasteiger charge is -2.09. The predicted molar refractivity (Wildman–Crippen MR) is 82.7 cm³/mol. The van der Waals surface area contributed by atoms with E-state index < -0.39 is 10.0 Å². The molecule has 2 aromatic carbocycles. The number of aromatic hydroxyl groups is 1. The molecule has 2 aromatic rings. The summed E-state index contributed by atoms with van der Waals surface area (Å²) in [5.74, 6) is 0.134. The summed E-state index contributed by atoms with van der Waals surface area (Å²) in [4.78, 5) is 0.202. The molecule has 0 fully saturated rings. The van der Waals surface area contributed by atoms with Crippen LogP contribution < -0.4 is 4.72 Å². The van der Waals surface area contributed by atoms with Gasteiger partial charge in [0.25, 0.3) is 10.0 Å². The minimum Gasteiger partial charge on any atom is -0.508 e. The zero-order valence-corrected chi connectivity index (χ0v) is 13.2. The summed E-state index contributed by atoms with van der Waals surface area (Å²) in [6.45, 7) is 1.71. The van der Waals surface area contributed by atoms with E-state index in [0.29, 0.717) is 16.6 Å². The molecule has 2 N–H and O–H groups in total. The number of benzene rings is 2. The molecule has 0 bridgehead atoms. The van der Waals surface area contributed by atoms with Crippen molar-refractivity contribution < 1.29 is 13.5 Å². The van der Waals surface area contributed by atoms with Crippen molar-refractivity contribution in [3.8, 4) is 5.75 Å². The first kappa shape index (κ1) is 14.9. The Balaban J connectivity index is 2.27. The molecular weight excluding hydrogens is 342 g/mol. The zero-order chi connectivity index (χ0) is 14.8. The molecule has 0 aliphatic rings. The SMILES string of the molecule is Cc1cc(NS(=O)(=O)c2ccc(CBr)cc2)ccc1O. The van der Waals surface area contributed by atoms with Gasteiger partial charge in [-0.2, -0.15) is 0 Å². The van der Waals surface area contributed by atoms with Crippen molar-refractivity contribution in [2.24, 2.45) is 0 Å². The average molecular weight is 356 g/mol. The van der Waals surface area contributed by atoms with Crippen LogP contribution in [0, 0.1) is 6.92 Å². The summed E-state index contributed by atoms with van der Waals surface area (Å²) in [6, 6.07) is 11.2. The topological polar surface area (TPSA) is 66.4 Å². The minimum absolute atomic E-state index is 0.134. The first-order valence-electron chi connectivity index (χ1n) is 5.90. The number of phenols is 1. The molecule has 0 unspecified atom stereocenters. The summed E-state index contributed by atoms with van der Waals surface area (Å²) in [5, 5.41) is 10.1. The number of sulfonamides is 1. The molecule has 20 heavy (non-hydrogen) atoms. The third-order valence-corrected chi connectivity index (χ3v) is 4.88. The smallest absolute Gasteiger partial charge is 0.261 e. The van der Waals surface area contributed by atoms with Gasteiger partial charge in [-0.05, 0) is 48.4 Å². The standard InChI is InChI=1S/C14H14BrNO3S/c1-10-8-12(4-7-14(10)17)16-20(18,19)13-5-2-11(9-15)3-6-13/h2-8,16-17H,9H2,1H3. The van der Waals surface area contributed by atoms with Crippen LogP contribution in [-0.4, -0.2) is 13.5 Å². The average Bonchev–Trinajstić information content (AvgIpc) is 2.43. The molecular formula is C14H14BrNO3S. The number of phenolic OH excluding ortho intramolecular Hbond substituents is 1. The Morgan fingerprint density at radius 2 is 1.80 bits per heavy atom. The van der Waals surface area contributed by atoms with Crippen molar-refractivity contribution in [3.63, 3.8) is 0 Å². The molecule has 0 atom stereocenters. The fraction of sp³-hybridized carbons (Fsp3) is 0.143. The minimum atomic E-state index is -3.61. The third-order valence-electron chi connectivity index (χ3n) is 2.84. The van der Waals surface area contributed by atoms with Gasteiger partial charge in [-0.3, -0.25) is 4.72 Å². The van der Waals surface area contributed by atoms with Crippen molar-refractivity contribution in [2.75, 3.05) is 4.72 Å². The largest absolute Gasteiger partial charge is 0.508 e. The van der Waals surface area contributed by atoms with Gasteiger partial charge in [0.05, 0.1) is 4.90 Å². The van der Waals surface area contributed by atoms with E-state index in [4.69, 9.17) is 0 Å². The van der Waals surface area contributed by atoms with Crippen LogP contribution in [0.5, 0.6) is 5.75 Å². The highest BCUT2D eigenvalue weighted by atomic mass is 79.9. The van der Waals surface area contributed by atoms with Crippen molar-refractivity contribution in [1.29, 1.82) is 0 Å². The van der Waals surface area contributed by atoms with Gasteiger partial charge in [0.15, 0.2) is 0 Å². The van der Waals surface area contributed by atoms with Crippen LogP contribution in [0.15, 0.2) is 47.4 Å². The quantitative estimate of drug-likeness (QED) is 0.652. The Bertz CT molecular complexity index is 712. The third kappa shape index (κ3) is 3.32. The maximum Gasteiger partial charge on any atom is 0.261 e. The van der Waals surface area contributed by atoms with Crippen molar-refractivity contribution in [1.82, 2.24) is 0 Å². The lowest BCUT2D eigenvalue weighted by molar-refractivity contribution is 0.471. The number of aryl methyl sites for hydroxylation is 1. The summed E-state index contributed by atoms with van der Waals surface area (Å²) in [5.41, 5.74) is 2.04. The van der Waals surface area contributed by atoms with E-state index in [1.165, 1.54) is 12.1 Å². The molecule has 0 aliphatic carbocycles. The van der Waals surface area contributed by atoms with E-state index in [9.17, 15) is 13.5 Å². The molecule has 0 heterocycles. The molecule has 106 valence electrons. The first-order chi connectivity index (χ1) is 9.42. The number of rotatable bonds is 4. The van der Waals surface area contributed by atoms with E-state index in [1.54, 1.807) is 37.3 Å². The highest BCUT2D eigenvalue weighted by molar-refractivity contribution is 9.08. The highest BCUT2D eigenvalue weighted by Crippen LogP contribution is 2.23. The molecule has 0 aromatic heterocycles. The van der Waals surface area contributed by atoms with Crippen molar-refractivity contribution in [3.05, 3.63) is 53.6 Å². The van der Waals surface area contributed by atoms with E-state index in [-0.39, 0.29) is 10.6 Å². The van der Waals surface area contributed by atoms with Gasteiger partial charge >= 0.3 is 0 Å². The second-order valence-corrected chi connectivity index (χ2v) is 6.63. The molecule has 0 radical (unpaired) electrons. The van der Waals surface area contributed by atoms with Crippen LogP contribution in [0.4, 0.5) is 5.69 Å². The monoisotopic (exact) mass is 355 g/mol. The molecule has 4 nitrogen and oxygen atoms in total. The number of halogens is 1. The van der Waals surface area contributed by atoms with Crippen LogP contribution in [0.25, 0.3) is 0 Å². The molecule has 0 spiro atoms. The van der Waals surface area contributed by atoms with Gasteiger partial charge in [-0.1, -0.05) is 28.1 Å². The van der Waals surface area contributed by atoms with E-state index >= 15 is 0 Å². The highest BCUT2D eigenvalue weighted by Gasteiger charge is 2.14. The van der Waals surface area contributed by atoms with Crippen molar-refractivity contribution >= 4 is 31.6 Å². The Kier molecular flexibility index (Phi) is 4.35. The number of hydrogen-bond donors (Lipinski definition) is 2. The second kappa shape index (κ2) is 5.85. The summed E-state index contributed by atoms with van der Waals surface area (Å²) < 4.78 is 26.9. The van der Waals surface area contributed by atoms with Gasteiger partial charge in [0.2, 0.25) is 0 Å². The zero-order valence-electron chi connectivity index (χ0n) is 10.8. The van der Waals surface area contributed by atoms with Crippen molar-refractivity contribution in [2.45, 2.75) is 17.1 Å². The first-order valence-corrected chi connectivity index (χ1v) is 8.50. The Hall–Kier alpha value is -1.53. The number of nitrogens with one attached hydrogen (secondary N) is 1. The molecule has 0 saturated heterocycles. The molecule has 0 aliphatic heterocycles. The lowest BCUT2D eigenvalue weighted by atomic mass is 10.2. The summed E-state index contributed by atoms with van der Waals surface area (Å²) in [7, 11) is -3.61. The van der Waals surface area contributed by atoms with Crippen LogP contribution in [0.3, 0.4) is 0 Å². The molecule has 0 saturated carbocycles. The number of anilines is 1. The molecule has 6 heteroatoms. The van der Waals surface area contributed by atoms with Gasteiger partial charge in [0, 0.05) is 11.0 Å². The van der Waals surface area contributed by atoms with E-state index in [2.05, 4.69) is 20.7 Å². The van der Waals surface area contributed by atoms with Crippen LogP contribution in [0.1, 0.15) is 11.1 Å². The maximum atomic E-state index is 12.2. The van der Waals surface area contributed by atoms with Gasteiger partial charge in [-0.25, -0.2) is 8.42 Å². The van der Waals surface area contributed by atoms with Gasteiger partial charge in [0.1, 0.15) is 5.75 Å². The second-order valence-electron chi connectivity index (χ2n) is 4.38. The Morgan fingerprint density at radius 1 is 1.15 bits per heavy atom. The van der Waals surface area contributed by atoms with E-state index in [0.717, 1.165) is 5.56 Å². The summed E-state index contributed by atoms with van der Waals surface area (Å²) in [6.07, 6.45) is 0. The lowest BCUT2D eigenvalue weighted by Crippen LogP contribution is -2.12. The number of alkyl halides is 1. The molecule has 0 amide bonds. The molecule has 2 rings (SSSR count). The fourth-order valence-electron chi connectivity index (χ4n) is 1.69. The Labute approximate surface area is 126 Å². The number of hydrogen-bond acceptors (Lipinski definition) is 3. The normalized spacial score (nSPS) is 11.3. The van der Waals surface area contributed by atoms with E-state index in [1.807, 2.05) is 0 Å². The van der Waals surface area contributed by atoms with Crippen LogP contribution in [-0.2, 0) is 15.4 Å².